The van der Waals surface area contributed by atoms with E-state index < -0.39 is 0 Å². The molecular formula is C11H15IN2O. The molecule has 0 aliphatic rings. The van der Waals surface area contributed by atoms with E-state index in [0.717, 1.165) is 9.26 Å². The van der Waals surface area contributed by atoms with E-state index in [4.69, 9.17) is 5.73 Å². The van der Waals surface area contributed by atoms with Crippen molar-refractivity contribution in [2.75, 3.05) is 11.9 Å². The number of hydrogen-bond donors (Lipinski definition) is 2. The number of aryl methyl sites for hydroxylation is 1. The van der Waals surface area contributed by atoms with Gasteiger partial charge < -0.3 is 11.1 Å². The van der Waals surface area contributed by atoms with Crippen LogP contribution < -0.4 is 11.1 Å². The second kappa shape index (κ2) is 5.46. The zero-order valence-electron chi connectivity index (χ0n) is 8.88. The fourth-order valence-electron chi connectivity index (χ4n) is 1.04. The summed E-state index contributed by atoms with van der Waals surface area (Å²) in [4.78, 5) is 11.5. The lowest BCUT2D eigenvalue weighted by Gasteiger charge is -2.10. The van der Waals surface area contributed by atoms with Crippen LogP contribution in [0.4, 0.5) is 5.69 Å². The van der Waals surface area contributed by atoms with Crippen LogP contribution in [0.5, 0.6) is 0 Å². The van der Waals surface area contributed by atoms with E-state index in [-0.39, 0.29) is 11.8 Å². The highest BCUT2D eigenvalue weighted by atomic mass is 127. The van der Waals surface area contributed by atoms with Gasteiger partial charge in [-0.15, -0.1) is 0 Å². The third-order valence-electron chi connectivity index (χ3n) is 2.24. The Labute approximate surface area is 104 Å². The highest BCUT2D eigenvalue weighted by Crippen LogP contribution is 2.17. The van der Waals surface area contributed by atoms with Gasteiger partial charge in [-0.2, -0.15) is 0 Å². The lowest BCUT2D eigenvalue weighted by molar-refractivity contribution is -0.119. The Morgan fingerprint density at radius 1 is 1.60 bits per heavy atom. The molecule has 1 aromatic rings. The van der Waals surface area contributed by atoms with Gasteiger partial charge in [-0.25, -0.2) is 0 Å². The first-order chi connectivity index (χ1) is 7.04. The van der Waals surface area contributed by atoms with E-state index in [1.165, 1.54) is 5.56 Å². The molecule has 1 amide bonds. The maximum Gasteiger partial charge on any atom is 0.228 e. The van der Waals surface area contributed by atoms with Gasteiger partial charge in [0.25, 0.3) is 0 Å². The van der Waals surface area contributed by atoms with Gasteiger partial charge in [0, 0.05) is 21.7 Å². The first-order valence-electron chi connectivity index (χ1n) is 4.81. The van der Waals surface area contributed by atoms with E-state index >= 15 is 0 Å². The summed E-state index contributed by atoms with van der Waals surface area (Å²) in [5.41, 5.74) is 7.46. The molecule has 0 aliphatic carbocycles. The summed E-state index contributed by atoms with van der Waals surface area (Å²) in [5.74, 6) is -0.180. The van der Waals surface area contributed by atoms with Gasteiger partial charge in [0.2, 0.25) is 5.91 Å². The fourth-order valence-corrected chi connectivity index (χ4v) is 1.56. The second-order valence-corrected chi connectivity index (χ2v) is 4.75. The van der Waals surface area contributed by atoms with E-state index in [9.17, 15) is 4.79 Å². The topological polar surface area (TPSA) is 55.1 Å². The molecular weight excluding hydrogens is 303 g/mol. The molecule has 0 saturated carbocycles. The van der Waals surface area contributed by atoms with Crippen LogP contribution >= 0.6 is 22.6 Å². The minimum atomic E-state index is -0.149. The molecule has 0 aliphatic heterocycles. The summed E-state index contributed by atoms with van der Waals surface area (Å²) >= 11 is 2.25. The Balaban J connectivity index is 2.73. The van der Waals surface area contributed by atoms with Gasteiger partial charge in [0.1, 0.15) is 0 Å². The van der Waals surface area contributed by atoms with Crippen molar-refractivity contribution >= 4 is 34.2 Å². The van der Waals surface area contributed by atoms with Crippen LogP contribution in [0.2, 0.25) is 0 Å². The van der Waals surface area contributed by atoms with Crippen molar-refractivity contribution in [3.05, 3.63) is 27.3 Å². The zero-order valence-corrected chi connectivity index (χ0v) is 11.0. The average molecular weight is 318 g/mol. The highest BCUT2D eigenvalue weighted by Gasteiger charge is 2.10. The van der Waals surface area contributed by atoms with Crippen molar-refractivity contribution in [1.82, 2.24) is 0 Å². The van der Waals surface area contributed by atoms with Crippen LogP contribution in [0.15, 0.2) is 18.2 Å². The van der Waals surface area contributed by atoms with Crippen molar-refractivity contribution in [3.63, 3.8) is 0 Å². The SMILES string of the molecule is Cc1ccc(NC(=O)C(C)CN)cc1I. The van der Waals surface area contributed by atoms with Gasteiger partial charge in [-0.3, -0.25) is 4.79 Å². The Morgan fingerprint density at radius 2 is 2.27 bits per heavy atom. The molecule has 0 saturated heterocycles. The van der Waals surface area contributed by atoms with Gasteiger partial charge in [-0.05, 0) is 47.2 Å². The van der Waals surface area contributed by atoms with Crippen molar-refractivity contribution in [2.24, 2.45) is 11.7 Å². The molecule has 0 bridgehead atoms. The van der Waals surface area contributed by atoms with E-state index in [1.807, 2.05) is 32.0 Å². The number of hydrogen-bond acceptors (Lipinski definition) is 2. The molecule has 82 valence electrons. The summed E-state index contributed by atoms with van der Waals surface area (Å²) in [6, 6.07) is 5.85. The molecule has 0 radical (unpaired) electrons. The number of anilines is 1. The van der Waals surface area contributed by atoms with Gasteiger partial charge in [-0.1, -0.05) is 13.0 Å². The molecule has 1 rings (SSSR count). The zero-order chi connectivity index (χ0) is 11.4. The molecule has 3 N–H and O–H groups in total. The Morgan fingerprint density at radius 3 is 2.80 bits per heavy atom. The van der Waals surface area contributed by atoms with Crippen molar-refractivity contribution < 1.29 is 4.79 Å². The third kappa shape index (κ3) is 3.46. The molecule has 1 atom stereocenters. The second-order valence-electron chi connectivity index (χ2n) is 3.59. The Bertz CT molecular complexity index is 366. The number of rotatable bonds is 3. The normalized spacial score (nSPS) is 12.3. The van der Waals surface area contributed by atoms with E-state index in [0.29, 0.717) is 6.54 Å². The monoisotopic (exact) mass is 318 g/mol. The fraction of sp³-hybridized carbons (Fsp3) is 0.364. The number of benzene rings is 1. The summed E-state index contributed by atoms with van der Waals surface area (Å²) in [6.07, 6.45) is 0. The molecule has 1 aromatic carbocycles. The standard InChI is InChI=1S/C11H15IN2O/c1-7-3-4-9(5-10(7)12)14-11(15)8(2)6-13/h3-5,8H,6,13H2,1-2H3,(H,14,15). The molecule has 0 spiro atoms. The molecule has 4 heteroatoms. The number of halogens is 1. The number of carbonyl (C=O) groups is 1. The number of nitrogens with one attached hydrogen (secondary N) is 1. The first kappa shape index (κ1) is 12.4. The summed E-state index contributed by atoms with van der Waals surface area (Å²) in [6.45, 7) is 4.22. The van der Waals surface area contributed by atoms with Gasteiger partial charge in [0.05, 0.1) is 0 Å². The van der Waals surface area contributed by atoms with E-state index in [1.54, 1.807) is 0 Å². The van der Waals surface area contributed by atoms with Crippen LogP contribution in [0.1, 0.15) is 12.5 Å². The minimum Gasteiger partial charge on any atom is -0.330 e. The van der Waals surface area contributed by atoms with Gasteiger partial charge in [0.15, 0.2) is 0 Å². The first-order valence-corrected chi connectivity index (χ1v) is 5.89. The number of amides is 1. The van der Waals surface area contributed by atoms with Crippen LogP contribution in [-0.2, 0) is 4.79 Å². The van der Waals surface area contributed by atoms with Crippen molar-refractivity contribution in [1.29, 1.82) is 0 Å². The average Bonchev–Trinajstić information content (AvgIpc) is 2.22. The minimum absolute atomic E-state index is 0.0304. The quantitative estimate of drug-likeness (QED) is 0.839. The Hall–Kier alpha value is -0.620. The maximum absolute atomic E-state index is 11.5. The molecule has 3 nitrogen and oxygen atoms in total. The molecule has 1 unspecified atom stereocenters. The predicted molar refractivity (Wildman–Crippen MR) is 70.7 cm³/mol. The van der Waals surface area contributed by atoms with E-state index in [2.05, 4.69) is 27.9 Å². The summed E-state index contributed by atoms with van der Waals surface area (Å²) < 4.78 is 1.14. The maximum atomic E-state index is 11.5. The van der Waals surface area contributed by atoms with Crippen LogP contribution in [-0.4, -0.2) is 12.5 Å². The summed E-state index contributed by atoms with van der Waals surface area (Å²) in [7, 11) is 0. The lowest BCUT2D eigenvalue weighted by Crippen LogP contribution is -2.26. The molecule has 0 fully saturated rings. The van der Waals surface area contributed by atoms with Crippen LogP contribution in [0, 0.1) is 16.4 Å². The summed E-state index contributed by atoms with van der Waals surface area (Å²) in [5, 5.41) is 2.84. The molecule has 0 aromatic heterocycles. The molecule has 0 heterocycles. The predicted octanol–water partition coefficient (Wildman–Crippen LogP) is 2.13. The largest absolute Gasteiger partial charge is 0.330 e. The molecule has 15 heavy (non-hydrogen) atoms. The number of carbonyl (C=O) groups excluding carboxylic acids is 1. The number of nitrogens with two attached hydrogens (primary N) is 1. The third-order valence-corrected chi connectivity index (χ3v) is 3.40. The smallest absolute Gasteiger partial charge is 0.228 e. The van der Waals surface area contributed by atoms with Crippen LogP contribution in [0.3, 0.4) is 0 Å². The lowest BCUT2D eigenvalue weighted by atomic mass is 10.1. The van der Waals surface area contributed by atoms with Gasteiger partial charge >= 0.3 is 0 Å². The van der Waals surface area contributed by atoms with Crippen LogP contribution in [0.25, 0.3) is 0 Å². The van der Waals surface area contributed by atoms with Crippen molar-refractivity contribution in [3.8, 4) is 0 Å². The Kier molecular flexibility index (Phi) is 4.53. The highest BCUT2D eigenvalue weighted by molar-refractivity contribution is 14.1. The van der Waals surface area contributed by atoms with Crippen molar-refractivity contribution in [2.45, 2.75) is 13.8 Å².